The minimum atomic E-state index is -1.35. The zero-order chi connectivity index (χ0) is 19.7. The van der Waals surface area contributed by atoms with Crippen LogP contribution in [0.1, 0.15) is 51.9 Å². The Morgan fingerprint density at radius 3 is 2.35 bits per heavy atom. The molecule has 0 aromatic rings. The number of aliphatic hydroxyl groups is 1. The number of carbonyl (C=O) groups is 3. The normalized spacial score (nSPS) is 18.5. The Morgan fingerprint density at radius 2 is 1.81 bits per heavy atom. The number of hydrogen-bond acceptors (Lipinski definition) is 5. The molecule has 0 aromatic carbocycles. The molecule has 0 bridgehead atoms. The standard InChI is InChI=1S/C18H34N4O4/c1-4-8-13(19)16(24)17(25)20-11-14(23)21-15(18(26)22(2)3)12-9-6-5-7-10-12/h12-13,15-16,24H,4-11,19H2,1-3H3,(H,20,25)(H,21,23)/t13-,15-,16?/m0/s1. The van der Waals surface area contributed by atoms with Crippen molar-refractivity contribution in [2.24, 2.45) is 11.7 Å². The molecule has 0 heterocycles. The summed E-state index contributed by atoms with van der Waals surface area (Å²) < 4.78 is 0. The summed E-state index contributed by atoms with van der Waals surface area (Å²) >= 11 is 0. The lowest BCUT2D eigenvalue weighted by Gasteiger charge is -2.31. The van der Waals surface area contributed by atoms with E-state index in [-0.39, 0.29) is 18.4 Å². The highest BCUT2D eigenvalue weighted by Crippen LogP contribution is 2.27. The summed E-state index contributed by atoms with van der Waals surface area (Å²) in [5.74, 6) is -1.14. The van der Waals surface area contributed by atoms with Crippen LogP contribution in [-0.4, -0.2) is 66.6 Å². The van der Waals surface area contributed by atoms with Gasteiger partial charge in [-0.25, -0.2) is 0 Å². The Labute approximate surface area is 155 Å². The molecule has 0 aliphatic heterocycles. The van der Waals surface area contributed by atoms with Crippen LogP contribution in [0.3, 0.4) is 0 Å². The number of likely N-dealkylation sites (N-methyl/N-ethyl adjacent to an activating group) is 1. The molecule has 1 aliphatic rings. The van der Waals surface area contributed by atoms with Gasteiger partial charge in [-0.05, 0) is 25.2 Å². The molecule has 1 fully saturated rings. The average molecular weight is 370 g/mol. The quantitative estimate of drug-likeness (QED) is 0.445. The highest BCUT2D eigenvalue weighted by atomic mass is 16.3. The number of hydrogen-bond donors (Lipinski definition) is 4. The van der Waals surface area contributed by atoms with Crippen LogP contribution < -0.4 is 16.4 Å². The summed E-state index contributed by atoms with van der Waals surface area (Å²) in [6, 6.07) is -1.24. The topological polar surface area (TPSA) is 125 Å². The molecule has 3 atom stereocenters. The Kier molecular flexibility index (Phi) is 9.58. The lowest BCUT2D eigenvalue weighted by Crippen LogP contribution is -2.54. The molecule has 8 nitrogen and oxygen atoms in total. The van der Waals surface area contributed by atoms with E-state index in [9.17, 15) is 19.5 Å². The van der Waals surface area contributed by atoms with Crippen molar-refractivity contribution < 1.29 is 19.5 Å². The molecular weight excluding hydrogens is 336 g/mol. The van der Waals surface area contributed by atoms with Gasteiger partial charge < -0.3 is 26.4 Å². The largest absolute Gasteiger partial charge is 0.382 e. The van der Waals surface area contributed by atoms with E-state index in [1.165, 1.54) is 4.90 Å². The lowest BCUT2D eigenvalue weighted by atomic mass is 9.83. The van der Waals surface area contributed by atoms with Gasteiger partial charge in [0.15, 0.2) is 0 Å². The van der Waals surface area contributed by atoms with E-state index in [1.54, 1.807) is 14.1 Å². The fraction of sp³-hybridized carbons (Fsp3) is 0.833. The Hall–Kier alpha value is -1.67. The van der Waals surface area contributed by atoms with Gasteiger partial charge in [-0.15, -0.1) is 0 Å². The van der Waals surface area contributed by atoms with Crippen LogP contribution in [0.15, 0.2) is 0 Å². The van der Waals surface area contributed by atoms with Crippen molar-refractivity contribution in [2.75, 3.05) is 20.6 Å². The number of nitrogens with one attached hydrogen (secondary N) is 2. The van der Waals surface area contributed by atoms with Crippen molar-refractivity contribution in [1.82, 2.24) is 15.5 Å². The van der Waals surface area contributed by atoms with Crippen molar-refractivity contribution >= 4 is 17.7 Å². The zero-order valence-electron chi connectivity index (χ0n) is 16.2. The lowest BCUT2D eigenvalue weighted by molar-refractivity contribution is -0.137. The molecule has 0 aromatic heterocycles. The van der Waals surface area contributed by atoms with Crippen LogP contribution in [0.2, 0.25) is 0 Å². The number of nitrogens with zero attached hydrogens (tertiary/aromatic N) is 1. The Balaban J connectivity index is 2.58. The van der Waals surface area contributed by atoms with Gasteiger partial charge in [0.1, 0.15) is 12.1 Å². The fourth-order valence-electron chi connectivity index (χ4n) is 3.31. The van der Waals surface area contributed by atoms with Crippen molar-refractivity contribution in [2.45, 2.75) is 70.1 Å². The first-order chi connectivity index (χ1) is 12.3. The second-order valence-corrected chi connectivity index (χ2v) is 7.29. The predicted molar refractivity (Wildman–Crippen MR) is 99.1 cm³/mol. The van der Waals surface area contributed by atoms with E-state index in [4.69, 9.17) is 5.73 Å². The number of nitrogens with two attached hydrogens (primary N) is 1. The molecular formula is C18H34N4O4. The average Bonchev–Trinajstić information content (AvgIpc) is 2.63. The van der Waals surface area contributed by atoms with Crippen LogP contribution >= 0.6 is 0 Å². The van der Waals surface area contributed by atoms with E-state index in [1.807, 2.05) is 6.92 Å². The van der Waals surface area contributed by atoms with Gasteiger partial charge in [0.25, 0.3) is 5.91 Å². The highest BCUT2D eigenvalue weighted by molar-refractivity contribution is 5.91. The minimum Gasteiger partial charge on any atom is -0.382 e. The Morgan fingerprint density at radius 1 is 1.19 bits per heavy atom. The molecule has 1 aliphatic carbocycles. The molecule has 26 heavy (non-hydrogen) atoms. The molecule has 5 N–H and O–H groups in total. The number of carbonyl (C=O) groups excluding carboxylic acids is 3. The second-order valence-electron chi connectivity index (χ2n) is 7.29. The first-order valence-electron chi connectivity index (χ1n) is 9.49. The summed E-state index contributed by atoms with van der Waals surface area (Å²) in [5, 5.41) is 15.0. The molecule has 150 valence electrons. The number of aliphatic hydroxyl groups excluding tert-OH is 1. The van der Waals surface area contributed by atoms with Crippen LogP contribution in [0.25, 0.3) is 0 Å². The zero-order valence-corrected chi connectivity index (χ0v) is 16.2. The summed E-state index contributed by atoms with van der Waals surface area (Å²) in [7, 11) is 3.33. The first-order valence-corrected chi connectivity index (χ1v) is 9.49. The fourth-order valence-corrected chi connectivity index (χ4v) is 3.31. The second kappa shape index (κ2) is 11.1. The molecule has 3 amide bonds. The molecule has 0 radical (unpaired) electrons. The van der Waals surface area contributed by atoms with Crippen LogP contribution in [0.4, 0.5) is 0 Å². The highest BCUT2D eigenvalue weighted by Gasteiger charge is 2.32. The van der Waals surface area contributed by atoms with Gasteiger partial charge in [-0.1, -0.05) is 32.6 Å². The van der Waals surface area contributed by atoms with Gasteiger partial charge >= 0.3 is 0 Å². The maximum Gasteiger partial charge on any atom is 0.250 e. The third-order valence-corrected chi connectivity index (χ3v) is 4.86. The Bertz CT molecular complexity index is 478. The van der Waals surface area contributed by atoms with E-state index in [2.05, 4.69) is 10.6 Å². The molecule has 1 unspecified atom stereocenters. The van der Waals surface area contributed by atoms with Crippen molar-refractivity contribution in [3.63, 3.8) is 0 Å². The van der Waals surface area contributed by atoms with Gasteiger partial charge in [0, 0.05) is 20.1 Å². The third kappa shape index (κ3) is 6.92. The van der Waals surface area contributed by atoms with Gasteiger partial charge in [0.2, 0.25) is 11.8 Å². The molecule has 1 rings (SSSR count). The van der Waals surface area contributed by atoms with Crippen molar-refractivity contribution in [3.05, 3.63) is 0 Å². The summed E-state index contributed by atoms with van der Waals surface area (Å²) in [6.07, 6.45) is 4.98. The van der Waals surface area contributed by atoms with Crippen molar-refractivity contribution in [3.8, 4) is 0 Å². The number of amides is 3. The first kappa shape index (κ1) is 22.4. The summed E-state index contributed by atoms with van der Waals surface area (Å²) in [4.78, 5) is 38.1. The molecule has 8 heteroatoms. The van der Waals surface area contributed by atoms with Gasteiger partial charge in [-0.3, -0.25) is 14.4 Å². The van der Waals surface area contributed by atoms with E-state index in [0.29, 0.717) is 6.42 Å². The predicted octanol–water partition coefficient (Wildman–Crippen LogP) is -0.256. The maximum atomic E-state index is 12.5. The maximum absolute atomic E-state index is 12.5. The van der Waals surface area contributed by atoms with E-state index >= 15 is 0 Å². The van der Waals surface area contributed by atoms with Crippen LogP contribution in [0.5, 0.6) is 0 Å². The monoisotopic (exact) mass is 370 g/mol. The molecule has 0 spiro atoms. The smallest absolute Gasteiger partial charge is 0.250 e. The van der Waals surface area contributed by atoms with Crippen molar-refractivity contribution in [1.29, 1.82) is 0 Å². The summed E-state index contributed by atoms with van der Waals surface area (Å²) in [6.45, 7) is 1.61. The third-order valence-electron chi connectivity index (χ3n) is 4.86. The molecule has 0 saturated heterocycles. The molecule has 1 saturated carbocycles. The van der Waals surface area contributed by atoms with Crippen LogP contribution in [0, 0.1) is 5.92 Å². The number of rotatable bonds is 9. The summed E-state index contributed by atoms with van der Waals surface area (Å²) in [5.41, 5.74) is 5.72. The van der Waals surface area contributed by atoms with E-state index in [0.717, 1.165) is 38.5 Å². The van der Waals surface area contributed by atoms with E-state index < -0.39 is 30.0 Å². The van der Waals surface area contributed by atoms with Crippen LogP contribution in [-0.2, 0) is 14.4 Å². The van der Waals surface area contributed by atoms with Gasteiger partial charge in [-0.2, -0.15) is 0 Å². The van der Waals surface area contributed by atoms with Gasteiger partial charge in [0.05, 0.1) is 6.54 Å². The SMILES string of the molecule is CCC[C@H](N)C(O)C(=O)NCC(=O)N[C@H](C(=O)N(C)C)C1CCCCC1. The minimum absolute atomic E-state index is 0.113.